The fourth-order valence-electron chi connectivity index (χ4n) is 1.65. The van der Waals surface area contributed by atoms with Gasteiger partial charge >= 0.3 is 0 Å². The lowest BCUT2D eigenvalue weighted by atomic mass is 10.3. The van der Waals surface area contributed by atoms with Crippen molar-refractivity contribution in [2.24, 2.45) is 0 Å². The van der Waals surface area contributed by atoms with Crippen LogP contribution in [-0.2, 0) is 14.8 Å². The zero-order valence-corrected chi connectivity index (χ0v) is 10.6. The van der Waals surface area contributed by atoms with Gasteiger partial charge in [-0.15, -0.1) is 11.6 Å². The number of hydrogen-bond donors (Lipinski definition) is 0. The van der Waals surface area contributed by atoms with Crippen LogP contribution in [-0.4, -0.2) is 50.7 Å². The molecule has 6 heteroatoms. The molecule has 1 rings (SSSR count). The second-order valence-corrected chi connectivity index (χ2v) is 6.18. The molecular formula is C9H18ClNO3S. The van der Waals surface area contributed by atoms with Crippen molar-refractivity contribution in [3.8, 4) is 0 Å². The fourth-order valence-corrected chi connectivity index (χ4v) is 3.44. The molecule has 0 bridgehead atoms. The normalized spacial score (nSPS) is 23.5. The lowest BCUT2D eigenvalue weighted by molar-refractivity contribution is 0.115. The Labute approximate surface area is 96.6 Å². The predicted molar refractivity (Wildman–Crippen MR) is 60.7 cm³/mol. The van der Waals surface area contributed by atoms with Crippen LogP contribution in [0.3, 0.4) is 0 Å². The molecular weight excluding hydrogens is 238 g/mol. The second kappa shape index (κ2) is 6.03. The summed E-state index contributed by atoms with van der Waals surface area (Å²) >= 11 is 5.51. The van der Waals surface area contributed by atoms with E-state index in [0.29, 0.717) is 25.4 Å². The van der Waals surface area contributed by atoms with Crippen LogP contribution in [0.25, 0.3) is 0 Å². The van der Waals surface area contributed by atoms with E-state index in [9.17, 15) is 8.42 Å². The minimum Gasteiger partial charge on any atom is -0.380 e. The van der Waals surface area contributed by atoms with Gasteiger partial charge in [0.2, 0.25) is 10.0 Å². The average molecular weight is 256 g/mol. The van der Waals surface area contributed by atoms with Crippen molar-refractivity contribution in [1.82, 2.24) is 4.31 Å². The first kappa shape index (κ1) is 13.2. The smallest absolute Gasteiger partial charge is 0.214 e. The fraction of sp³-hybridized carbons (Fsp3) is 1.00. The van der Waals surface area contributed by atoms with E-state index in [-0.39, 0.29) is 11.9 Å². The maximum absolute atomic E-state index is 11.8. The van der Waals surface area contributed by atoms with Gasteiger partial charge < -0.3 is 4.74 Å². The largest absolute Gasteiger partial charge is 0.380 e. The van der Waals surface area contributed by atoms with Crippen molar-refractivity contribution in [1.29, 1.82) is 0 Å². The first-order valence-corrected chi connectivity index (χ1v) is 7.31. The monoisotopic (exact) mass is 255 g/mol. The lowest BCUT2D eigenvalue weighted by Crippen LogP contribution is -2.32. The van der Waals surface area contributed by atoms with Crippen LogP contribution in [0.1, 0.15) is 19.3 Å². The number of unbranched alkanes of at least 4 members (excludes halogenated alkanes) is 1. The molecule has 90 valence electrons. The molecule has 0 spiro atoms. The molecule has 15 heavy (non-hydrogen) atoms. The minimum absolute atomic E-state index is 0.0628. The van der Waals surface area contributed by atoms with Crippen molar-refractivity contribution >= 4 is 21.6 Å². The molecule has 1 aliphatic rings. The molecule has 0 radical (unpaired) electrons. The highest BCUT2D eigenvalue weighted by molar-refractivity contribution is 7.89. The number of ether oxygens (including phenoxy) is 1. The van der Waals surface area contributed by atoms with Gasteiger partial charge in [-0.3, -0.25) is 0 Å². The van der Waals surface area contributed by atoms with Crippen LogP contribution >= 0.6 is 11.6 Å². The summed E-state index contributed by atoms with van der Waals surface area (Å²) in [6.45, 7) is 1.08. The molecule has 1 unspecified atom stereocenters. The molecule has 0 aromatic rings. The summed E-state index contributed by atoms with van der Waals surface area (Å²) < 4.78 is 30.3. The van der Waals surface area contributed by atoms with E-state index in [1.165, 1.54) is 4.31 Å². The van der Waals surface area contributed by atoms with Crippen molar-refractivity contribution in [3.63, 3.8) is 0 Å². The van der Waals surface area contributed by atoms with Crippen LogP contribution in [0.15, 0.2) is 0 Å². The Balaban J connectivity index is 2.41. The van der Waals surface area contributed by atoms with Gasteiger partial charge in [0.1, 0.15) is 0 Å². The van der Waals surface area contributed by atoms with Gasteiger partial charge in [0.25, 0.3) is 0 Å². The maximum Gasteiger partial charge on any atom is 0.214 e. The van der Waals surface area contributed by atoms with Gasteiger partial charge in [0.15, 0.2) is 0 Å². The highest BCUT2D eigenvalue weighted by atomic mass is 35.5. The zero-order chi connectivity index (χ0) is 11.3. The van der Waals surface area contributed by atoms with E-state index in [1.807, 2.05) is 0 Å². The number of halogens is 1. The highest BCUT2D eigenvalue weighted by Gasteiger charge is 2.30. The maximum atomic E-state index is 11.8. The first-order valence-electron chi connectivity index (χ1n) is 5.16. The van der Waals surface area contributed by atoms with Gasteiger partial charge in [-0.2, -0.15) is 4.31 Å². The van der Waals surface area contributed by atoms with Gasteiger partial charge in [-0.05, 0) is 19.3 Å². The quantitative estimate of drug-likeness (QED) is 0.527. The number of methoxy groups -OCH3 is 1. The number of alkyl halides is 1. The Bertz CT molecular complexity index is 281. The van der Waals surface area contributed by atoms with Gasteiger partial charge in [-0.25, -0.2) is 8.42 Å². The number of sulfonamides is 1. The minimum atomic E-state index is -3.08. The molecule has 0 aromatic heterocycles. The summed E-state index contributed by atoms with van der Waals surface area (Å²) in [7, 11) is -1.46. The molecule has 1 aliphatic heterocycles. The summed E-state index contributed by atoms with van der Waals surface area (Å²) in [6, 6.07) is 0. The number of nitrogens with zero attached hydrogens (tertiary/aromatic N) is 1. The standard InChI is InChI=1S/C9H18ClNO3S/c1-14-9-4-6-11(8-9)15(12,13)7-3-2-5-10/h9H,2-8H2,1H3. The van der Waals surface area contributed by atoms with Crippen LogP contribution < -0.4 is 0 Å². The molecule has 0 aromatic carbocycles. The van der Waals surface area contributed by atoms with E-state index >= 15 is 0 Å². The molecule has 1 atom stereocenters. The molecule has 1 heterocycles. The van der Waals surface area contributed by atoms with E-state index in [4.69, 9.17) is 16.3 Å². The van der Waals surface area contributed by atoms with Crippen molar-refractivity contribution in [2.45, 2.75) is 25.4 Å². The molecule has 0 aliphatic carbocycles. The summed E-state index contributed by atoms with van der Waals surface area (Å²) in [6.07, 6.45) is 2.25. The first-order chi connectivity index (χ1) is 7.10. The van der Waals surface area contributed by atoms with E-state index in [2.05, 4.69) is 0 Å². The predicted octanol–water partition coefficient (Wildman–Crippen LogP) is 1.06. The average Bonchev–Trinajstić information content (AvgIpc) is 2.66. The summed E-state index contributed by atoms with van der Waals surface area (Å²) in [5.74, 6) is 0.729. The topological polar surface area (TPSA) is 46.6 Å². The molecule has 0 N–H and O–H groups in total. The molecule has 0 saturated carbocycles. The molecule has 0 amide bonds. The molecule has 4 nitrogen and oxygen atoms in total. The van der Waals surface area contributed by atoms with Crippen LogP contribution in [0.2, 0.25) is 0 Å². The Morgan fingerprint density at radius 3 is 2.73 bits per heavy atom. The van der Waals surface area contributed by atoms with Crippen molar-refractivity contribution in [2.75, 3.05) is 31.8 Å². The van der Waals surface area contributed by atoms with Crippen molar-refractivity contribution in [3.05, 3.63) is 0 Å². The third-order valence-corrected chi connectivity index (χ3v) is 4.81. The Morgan fingerprint density at radius 1 is 1.47 bits per heavy atom. The summed E-state index contributed by atoms with van der Waals surface area (Å²) in [5.41, 5.74) is 0. The van der Waals surface area contributed by atoms with E-state index < -0.39 is 10.0 Å². The summed E-state index contributed by atoms with van der Waals surface area (Å²) in [4.78, 5) is 0. The highest BCUT2D eigenvalue weighted by Crippen LogP contribution is 2.17. The van der Waals surface area contributed by atoms with Crippen LogP contribution in [0, 0.1) is 0 Å². The Hall–Kier alpha value is 0.160. The third kappa shape index (κ3) is 3.90. The second-order valence-electron chi connectivity index (χ2n) is 3.72. The SMILES string of the molecule is COC1CCN(S(=O)(=O)CCCCCl)C1. The number of rotatable bonds is 6. The number of hydrogen-bond acceptors (Lipinski definition) is 3. The summed E-state index contributed by atoms with van der Waals surface area (Å²) in [5, 5.41) is 0. The molecule has 1 fully saturated rings. The lowest BCUT2D eigenvalue weighted by Gasteiger charge is -2.15. The van der Waals surface area contributed by atoms with Crippen LogP contribution in [0.5, 0.6) is 0 Å². The van der Waals surface area contributed by atoms with Crippen molar-refractivity contribution < 1.29 is 13.2 Å². The van der Waals surface area contributed by atoms with Crippen LogP contribution in [0.4, 0.5) is 0 Å². The van der Waals surface area contributed by atoms with Gasteiger partial charge in [0.05, 0.1) is 11.9 Å². The van der Waals surface area contributed by atoms with E-state index in [1.54, 1.807) is 7.11 Å². The third-order valence-electron chi connectivity index (χ3n) is 2.62. The van der Waals surface area contributed by atoms with E-state index in [0.717, 1.165) is 12.8 Å². The van der Waals surface area contributed by atoms with Gasteiger partial charge in [0, 0.05) is 26.1 Å². The van der Waals surface area contributed by atoms with Gasteiger partial charge in [-0.1, -0.05) is 0 Å². The Kier molecular flexibility index (Phi) is 5.32. The zero-order valence-electron chi connectivity index (χ0n) is 8.99. The Morgan fingerprint density at radius 2 is 2.20 bits per heavy atom. The molecule has 1 saturated heterocycles.